The Bertz CT molecular complexity index is 767. The lowest BCUT2D eigenvalue weighted by Gasteiger charge is -2.03. The van der Waals surface area contributed by atoms with Crippen molar-refractivity contribution in [2.45, 2.75) is 19.9 Å². The average Bonchev–Trinajstić information content (AvgIpc) is 2.90. The number of fused-ring (bicyclic) bond motifs is 1. The van der Waals surface area contributed by atoms with Gasteiger partial charge in [-0.25, -0.2) is 0 Å². The first-order valence-electron chi connectivity index (χ1n) is 6.11. The van der Waals surface area contributed by atoms with E-state index in [1.54, 1.807) is 6.20 Å². The Hall–Kier alpha value is -2.02. The summed E-state index contributed by atoms with van der Waals surface area (Å²) in [6, 6.07) is 3.81. The van der Waals surface area contributed by atoms with Gasteiger partial charge in [-0.1, -0.05) is 6.92 Å². The fourth-order valence-electron chi connectivity index (χ4n) is 2.25. The van der Waals surface area contributed by atoms with E-state index in [1.807, 2.05) is 28.4 Å². The smallest absolute Gasteiger partial charge is 0.179 e. The first-order chi connectivity index (χ1) is 9.20. The summed E-state index contributed by atoms with van der Waals surface area (Å²) >= 11 is 5.39. The van der Waals surface area contributed by atoms with Crippen molar-refractivity contribution in [1.82, 2.24) is 29.5 Å². The first-order valence-corrected chi connectivity index (χ1v) is 6.52. The van der Waals surface area contributed by atoms with Gasteiger partial charge in [-0.05, 0) is 30.8 Å². The van der Waals surface area contributed by atoms with Gasteiger partial charge >= 0.3 is 0 Å². The topological polar surface area (TPSA) is 64.3 Å². The monoisotopic (exact) mass is 274 g/mol. The molecule has 0 saturated heterocycles. The SMILES string of the molecule is CCc1nn(C)c2c1[nH]c(=S)n2Cc1cccnn1. The van der Waals surface area contributed by atoms with Gasteiger partial charge in [0, 0.05) is 13.2 Å². The molecule has 7 heteroatoms. The van der Waals surface area contributed by atoms with Crippen LogP contribution in [0.1, 0.15) is 18.3 Å². The van der Waals surface area contributed by atoms with Gasteiger partial charge in [0.25, 0.3) is 0 Å². The van der Waals surface area contributed by atoms with E-state index in [-0.39, 0.29) is 0 Å². The van der Waals surface area contributed by atoms with Gasteiger partial charge < -0.3 is 4.98 Å². The Kier molecular flexibility index (Phi) is 2.90. The quantitative estimate of drug-likeness (QED) is 0.740. The Balaban J connectivity index is 2.16. The number of nitrogens with zero attached hydrogens (tertiary/aromatic N) is 5. The van der Waals surface area contributed by atoms with Gasteiger partial charge in [-0.3, -0.25) is 9.25 Å². The molecule has 19 heavy (non-hydrogen) atoms. The van der Waals surface area contributed by atoms with E-state index >= 15 is 0 Å². The van der Waals surface area contributed by atoms with Crippen molar-refractivity contribution < 1.29 is 0 Å². The van der Waals surface area contributed by atoms with E-state index < -0.39 is 0 Å². The van der Waals surface area contributed by atoms with E-state index in [4.69, 9.17) is 12.2 Å². The van der Waals surface area contributed by atoms with Gasteiger partial charge in [0.05, 0.1) is 17.9 Å². The van der Waals surface area contributed by atoms with Crippen molar-refractivity contribution in [2.24, 2.45) is 7.05 Å². The number of imidazole rings is 1. The second-order valence-electron chi connectivity index (χ2n) is 4.35. The van der Waals surface area contributed by atoms with Crippen LogP contribution in [-0.2, 0) is 20.0 Å². The third-order valence-corrected chi connectivity index (χ3v) is 3.43. The number of H-pyrrole nitrogens is 1. The van der Waals surface area contributed by atoms with Crippen molar-refractivity contribution in [2.75, 3.05) is 0 Å². The highest BCUT2D eigenvalue weighted by atomic mass is 32.1. The Morgan fingerprint density at radius 2 is 2.26 bits per heavy atom. The van der Waals surface area contributed by atoms with Crippen LogP contribution in [0.3, 0.4) is 0 Å². The van der Waals surface area contributed by atoms with Crippen LogP contribution in [0.4, 0.5) is 0 Å². The van der Waals surface area contributed by atoms with Crippen LogP contribution >= 0.6 is 12.2 Å². The molecule has 0 aromatic carbocycles. The normalized spacial score (nSPS) is 11.3. The standard InChI is InChI=1S/C12H14N6S/c1-3-9-10-11(17(2)16-9)18(12(19)14-10)7-8-5-4-6-13-15-8/h4-6H,3,7H2,1-2H3,(H,14,19). The number of aromatic amines is 1. The van der Waals surface area contributed by atoms with Crippen molar-refractivity contribution in [3.05, 3.63) is 34.5 Å². The molecule has 3 aromatic rings. The van der Waals surface area contributed by atoms with Crippen LogP contribution in [-0.4, -0.2) is 29.5 Å². The fraction of sp³-hybridized carbons (Fsp3) is 0.333. The predicted octanol–water partition coefficient (Wildman–Crippen LogP) is 1.83. The number of aryl methyl sites for hydroxylation is 2. The van der Waals surface area contributed by atoms with E-state index in [1.165, 1.54) is 0 Å². The summed E-state index contributed by atoms with van der Waals surface area (Å²) in [4.78, 5) is 3.23. The van der Waals surface area contributed by atoms with Crippen LogP contribution < -0.4 is 0 Å². The van der Waals surface area contributed by atoms with Gasteiger partial charge in [0.2, 0.25) is 0 Å². The molecule has 6 nitrogen and oxygen atoms in total. The van der Waals surface area contributed by atoms with Crippen molar-refractivity contribution >= 4 is 23.4 Å². The lowest BCUT2D eigenvalue weighted by atomic mass is 10.3. The molecule has 0 aliphatic heterocycles. The molecule has 0 fully saturated rings. The number of nitrogens with one attached hydrogen (secondary N) is 1. The lowest BCUT2D eigenvalue weighted by Crippen LogP contribution is -2.06. The molecule has 3 heterocycles. The molecule has 3 aromatic heterocycles. The predicted molar refractivity (Wildman–Crippen MR) is 74.4 cm³/mol. The second-order valence-corrected chi connectivity index (χ2v) is 4.74. The summed E-state index contributed by atoms with van der Waals surface area (Å²) in [5.41, 5.74) is 3.91. The van der Waals surface area contributed by atoms with Crippen molar-refractivity contribution in [1.29, 1.82) is 0 Å². The minimum absolute atomic E-state index is 0.593. The summed E-state index contributed by atoms with van der Waals surface area (Å²) in [5.74, 6) is 0. The molecule has 3 rings (SSSR count). The van der Waals surface area contributed by atoms with Crippen LogP contribution in [0, 0.1) is 4.77 Å². The van der Waals surface area contributed by atoms with Crippen LogP contribution in [0.2, 0.25) is 0 Å². The minimum Gasteiger partial charge on any atom is -0.328 e. The fourth-order valence-corrected chi connectivity index (χ4v) is 2.50. The molecule has 0 aliphatic rings. The molecule has 0 unspecified atom stereocenters. The highest BCUT2D eigenvalue weighted by molar-refractivity contribution is 7.71. The number of hydrogen-bond donors (Lipinski definition) is 1. The third kappa shape index (κ3) is 1.95. The summed E-state index contributed by atoms with van der Waals surface area (Å²) in [6.45, 7) is 2.67. The Labute approximate surface area is 115 Å². The zero-order valence-corrected chi connectivity index (χ0v) is 11.6. The molecular formula is C12H14N6S. The van der Waals surface area contributed by atoms with E-state index in [0.717, 1.165) is 29.0 Å². The second kappa shape index (κ2) is 4.58. The Morgan fingerprint density at radius 1 is 1.42 bits per heavy atom. The zero-order chi connectivity index (χ0) is 13.4. The molecular weight excluding hydrogens is 260 g/mol. The maximum atomic E-state index is 5.39. The summed E-state index contributed by atoms with van der Waals surface area (Å²) in [6.07, 6.45) is 2.53. The molecule has 0 atom stereocenters. The molecule has 1 N–H and O–H groups in total. The largest absolute Gasteiger partial charge is 0.328 e. The molecule has 0 bridgehead atoms. The third-order valence-electron chi connectivity index (χ3n) is 3.10. The molecule has 0 saturated carbocycles. The number of hydrogen-bond acceptors (Lipinski definition) is 4. The van der Waals surface area contributed by atoms with Gasteiger partial charge in [-0.15, -0.1) is 0 Å². The van der Waals surface area contributed by atoms with Crippen LogP contribution in [0.25, 0.3) is 11.2 Å². The maximum Gasteiger partial charge on any atom is 0.179 e. The highest BCUT2D eigenvalue weighted by Gasteiger charge is 2.14. The minimum atomic E-state index is 0.593. The van der Waals surface area contributed by atoms with Crippen LogP contribution in [0.15, 0.2) is 18.3 Å². The van der Waals surface area contributed by atoms with Gasteiger partial charge in [0.1, 0.15) is 5.52 Å². The highest BCUT2D eigenvalue weighted by Crippen LogP contribution is 2.18. The summed E-state index contributed by atoms with van der Waals surface area (Å²) in [7, 11) is 1.93. The van der Waals surface area contributed by atoms with E-state index in [2.05, 4.69) is 27.2 Å². The van der Waals surface area contributed by atoms with Crippen LogP contribution in [0.5, 0.6) is 0 Å². The average molecular weight is 274 g/mol. The molecule has 0 spiro atoms. The molecule has 0 amide bonds. The maximum absolute atomic E-state index is 5.39. The van der Waals surface area contributed by atoms with Crippen molar-refractivity contribution in [3.63, 3.8) is 0 Å². The Morgan fingerprint density at radius 3 is 2.95 bits per heavy atom. The van der Waals surface area contributed by atoms with E-state index in [9.17, 15) is 0 Å². The lowest BCUT2D eigenvalue weighted by molar-refractivity contribution is 0.696. The molecule has 0 radical (unpaired) electrons. The molecule has 0 aliphatic carbocycles. The zero-order valence-electron chi connectivity index (χ0n) is 10.8. The van der Waals surface area contributed by atoms with Crippen molar-refractivity contribution in [3.8, 4) is 0 Å². The summed E-state index contributed by atoms with van der Waals surface area (Å²) in [5, 5.41) is 12.5. The number of aromatic nitrogens is 6. The first kappa shape index (κ1) is 12.0. The molecule has 98 valence electrons. The number of rotatable bonds is 3. The van der Waals surface area contributed by atoms with Gasteiger partial charge in [0.15, 0.2) is 10.4 Å². The van der Waals surface area contributed by atoms with Gasteiger partial charge in [-0.2, -0.15) is 15.3 Å². The summed E-state index contributed by atoms with van der Waals surface area (Å²) < 4.78 is 4.54. The van der Waals surface area contributed by atoms with E-state index in [0.29, 0.717) is 11.3 Å².